The molecular formula is C16H22N2O2Si. The van der Waals surface area contributed by atoms with Crippen molar-refractivity contribution in [1.82, 2.24) is 4.98 Å². The van der Waals surface area contributed by atoms with E-state index in [1.165, 1.54) is 0 Å². The van der Waals surface area contributed by atoms with Gasteiger partial charge in [-0.15, -0.1) is 5.54 Å². The maximum Gasteiger partial charge on any atom is 0.416 e. The van der Waals surface area contributed by atoms with E-state index in [1.807, 2.05) is 26.0 Å². The summed E-state index contributed by atoms with van der Waals surface area (Å²) < 4.78 is 5.39. The van der Waals surface area contributed by atoms with Gasteiger partial charge in [-0.2, -0.15) is 0 Å². The molecule has 2 rings (SSSR count). The Kier molecular flexibility index (Phi) is 4.10. The molecule has 4 nitrogen and oxygen atoms in total. The molecule has 1 saturated heterocycles. The highest BCUT2D eigenvalue weighted by Crippen LogP contribution is 2.25. The molecular weight excluding hydrogens is 280 g/mol. The molecule has 0 atom stereocenters. The van der Waals surface area contributed by atoms with Crippen molar-refractivity contribution in [3.8, 4) is 11.5 Å². The lowest BCUT2D eigenvalue weighted by Crippen LogP contribution is -2.47. The molecule has 0 radical (unpaired) electrons. The van der Waals surface area contributed by atoms with Crippen LogP contribution in [0.2, 0.25) is 19.6 Å². The first-order valence-corrected chi connectivity index (χ1v) is 10.7. The van der Waals surface area contributed by atoms with Gasteiger partial charge in [0.05, 0.1) is 0 Å². The second kappa shape index (κ2) is 5.53. The van der Waals surface area contributed by atoms with Crippen LogP contribution in [0.15, 0.2) is 18.3 Å². The Balaban J connectivity index is 2.12. The van der Waals surface area contributed by atoms with Crippen LogP contribution in [0.4, 0.5) is 10.6 Å². The lowest BCUT2D eigenvalue weighted by Gasteiger charge is -2.35. The summed E-state index contributed by atoms with van der Waals surface area (Å²) in [6.07, 6.45) is 2.17. The summed E-state index contributed by atoms with van der Waals surface area (Å²) in [6, 6.07) is 3.73. The summed E-state index contributed by atoms with van der Waals surface area (Å²) >= 11 is 0. The minimum absolute atomic E-state index is 0.334. The topological polar surface area (TPSA) is 42.4 Å². The second-order valence-electron chi connectivity index (χ2n) is 6.93. The molecule has 1 aromatic rings. The summed E-state index contributed by atoms with van der Waals surface area (Å²) in [5.41, 5.74) is 3.79. The van der Waals surface area contributed by atoms with Gasteiger partial charge in [0.2, 0.25) is 0 Å². The van der Waals surface area contributed by atoms with Gasteiger partial charge in [-0.3, -0.25) is 4.90 Å². The van der Waals surface area contributed by atoms with Gasteiger partial charge in [0.15, 0.2) is 0 Å². The van der Waals surface area contributed by atoms with Crippen LogP contribution in [-0.4, -0.2) is 31.3 Å². The van der Waals surface area contributed by atoms with Gasteiger partial charge >= 0.3 is 6.09 Å². The molecule has 21 heavy (non-hydrogen) atoms. The third-order valence-electron chi connectivity index (χ3n) is 3.13. The molecule has 1 aliphatic heterocycles. The first-order chi connectivity index (χ1) is 9.66. The lowest BCUT2D eigenvalue weighted by atomic mass is 10.0. The third kappa shape index (κ3) is 4.33. The molecule has 112 valence electrons. The molecule has 5 heteroatoms. The Morgan fingerprint density at radius 3 is 2.57 bits per heavy atom. The average Bonchev–Trinajstić information content (AvgIpc) is 2.35. The number of ether oxygens (including phenoxy) is 1. The predicted octanol–water partition coefficient (Wildman–Crippen LogP) is 3.44. The summed E-state index contributed by atoms with van der Waals surface area (Å²) in [6.45, 7) is 11.1. The molecule has 0 saturated carbocycles. The number of aromatic nitrogens is 1. The van der Waals surface area contributed by atoms with Crippen LogP contribution in [0.5, 0.6) is 0 Å². The van der Waals surface area contributed by atoms with Crippen molar-refractivity contribution in [2.75, 3.05) is 11.4 Å². The number of rotatable bonds is 1. The van der Waals surface area contributed by atoms with Crippen molar-refractivity contribution in [3.63, 3.8) is 0 Å². The number of carbonyl (C=O) groups excluding carboxylic acids is 1. The fourth-order valence-electron chi connectivity index (χ4n) is 1.90. The van der Waals surface area contributed by atoms with Crippen LogP contribution < -0.4 is 4.90 Å². The van der Waals surface area contributed by atoms with E-state index in [2.05, 4.69) is 36.1 Å². The van der Waals surface area contributed by atoms with E-state index in [0.29, 0.717) is 12.4 Å². The van der Waals surface area contributed by atoms with Gasteiger partial charge < -0.3 is 4.74 Å². The van der Waals surface area contributed by atoms with Gasteiger partial charge in [0, 0.05) is 24.7 Å². The number of hydrogen-bond acceptors (Lipinski definition) is 3. The maximum atomic E-state index is 12.0. The van der Waals surface area contributed by atoms with Crippen LogP contribution in [0.3, 0.4) is 0 Å². The highest BCUT2D eigenvalue weighted by atomic mass is 28.3. The molecule has 0 N–H and O–H groups in total. The summed E-state index contributed by atoms with van der Waals surface area (Å²) in [5, 5.41) is 0. The molecule has 0 spiro atoms. The number of nitrogens with zero attached hydrogens (tertiary/aromatic N) is 2. The maximum absolute atomic E-state index is 12.0. The molecule has 0 aromatic carbocycles. The minimum atomic E-state index is -1.39. The molecule has 0 bridgehead atoms. The van der Waals surface area contributed by atoms with Crippen molar-refractivity contribution in [2.24, 2.45) is 0 Å². The fourth-order valence-corrected chi connectivity index (χ4v) is 2.42. The van der Waals surface area contributed by atoms with Crippen molar-refractivity contribution >= 4 is 20.0 Å². The SMILES string of the molecule is CC1(C)CCN(c2ccc(C#C[Si](C)(C)C)cn2)C(=O)O1. The smallest absolute Gasteiger partial charge is 0.416 e. The molecule has 2 heterocycles. The third-order valence-corrected chi connectivity index (χ3v) is 4.00. The van der Waals surface area contributed by atoms with E-state index in [1.54, 1.807) is 11.1 Å². The van der Waals surface area contributed by atoms with E-state index in [0.717, 1.165) is 12.0 Å². The molecule has 1 aromatic heterocycles. The molecule has 0 aliphatic carbocycles. The first kappa shape index (κ1) is 15.6. The first-order valence-electron chi connectivity index (χ1n) is 7.16. The van der Waals surface area contributed by atoms with Gasteiger partial charge in [-0.1, -0.05) is 25.6 Å². The van der Waals surface area contributed by atoms with Crippen molar-refractivity contribution < 1.29 is 9.53 Å². The van der Waals surface area contributed by atoms with Crippen LogP contribution in [0.1, 0.15) is 25.8 Å². The standard InChI is InChI=1S/C16H22N2O2Si/c1-16(2)9-10-18(15(19)20-16)14-7-6-13(12-17-14)8-11-21(3,4)5/h6-7,12H,9-10H2,1-5H3. The lowest BCUT2D eigenvalue weighted by molar-refractivity contribution is 0.0234. The van der Waals surface area contributed by atoms with Crippen molar-refractivity contribution in [3.05, 3.63) is 23.9 Å². The van der Waals surface area contributed by atoms with E-state index in [4.69, 9.17) is 4.74 Å². The zero-order valence-electron chi connectivity index (χ0n) is 13.4. The summed E-state index contributed by atoms with van der Waals surface area (Å²) in [4.78, 5) is 17.9. The van der Waals surface area contributed by atoms with Crippen LogP contribution in [0, 0.1) is 11.5 Å². The number of hydrogen-bond donors (Lipinski definition) is 0. The minimum Gasteiger partial charge on any atom is -0.443 e. The van der Waals surface area contributed by atoms with E-state index < -0.39 is 13.7 Å². The number of amides is 1. The van der Waals surface area contributed by atoms with Crippen LogP contribution in [-0.2, 0) is 4.74 Å². The monoisotopic (exact) mass is 302 g/mol. The molecule has 1 aliphatic rings. The van der Waals surface area contributed by atoms with Gasteiger partial charge in [-0.05, 0) is 26.0 Å². The highest BCUT2D eigenvalue weighted by Gasteiger charge is 2.33. The Morgan fingerprint density at radius 2 is 2.05 bits per heavy atom. The van der Waals surface area contributed by atoms with Gasteiger partial charge in [0.1, 0.15) is 19.5 Å². The number of pyridine rings is 1. The van der Waals surface area contributed by atoms with Gasteiger partial charge in [-0.25, -0.2) is 9.78 Å². The quantitative estimate of drug-likeness (QED) is 0.589. The average molecular weight is 302 g/mol. The van der Waals surface area contributed by atoms with Crippen LogP contribution in [0.25, 0.3) is 0 Å². The zero-order valence-corrected chi connectivity index (χ0v) is 14.4. The van der Waals surface area contributed by atoms with Crippen molar-refractivity contribution in [2.45, 2.75) is 45.5 Å². The van der Waals surface area contributed by atoms with E-state index in [9.17, 15) is 4.79 Å². The number of cyclic esters (lactones) is 1. The normalized spacial score (nSPS) is 17.8. The number of carbonyl (C=O) groups is 1. The van der Waals surface area contributed by atoms with E-state index in [-0.39, 0.29) is 6.09 Å². The second-order valence-corrected chi connectivity index (χ2v) is 11.7. The molecule has 1 amide bonds. The van der Waals surface area contributed by atoms with Crippen molar-refractivity contribution in [1.29, 1.82) is 0 Å². The Labute approximate surface area is 127 Å². The Hall–Kier alpha value is -1.80. The van der Waals surface area contributed by atoms with Gasteiger partial charge in [0.25, 0.3) is 0 Å². The van der Waals surface area contributed by atoms with E-state index >= 15 is 0 Å². The highest BCUT2D eigenvalue weighted by molar-refractivity contribution is 6.83. The zero-order chi connectivity index (χ0) is 15.7. The summed E-state index contributed by atoms with van der Waals surface area (Å²) in [5.74, 6) is 3.77. The molecule has 1 fully saturated rings. The number of anilines is 1. The Bertz CT molecular complexity index is 591. The Morgan fingerprint density at radius 1 is 1.33 bits per heavy atom. The largest absolute Gasteiger partial charge is 0.443 e. The molecule has 0 unspecified atom stereocenters. The summed E-state index contributed by atoms with van der Waals surface area (Å²) in [7, 11) is -1.39. The van der Waals surface area contributed by atoms with Crippen LogP contribution >= 0.6 is 0 Å². The fraction of sp³-hybridized carbons (Fsp3) is 0.500. The predicted molar refractivity (Wildman–Crippen MR) is 87.0 cm³/mol.